The van der Waals surface area contributed by atoms with Crippen LogP contribution in [-0.2, 0) is 4.74 Å². The number of rotatable bonds is 2. The predicted molar refractivity (Wildman–Crippen MR) is 65.1 cm³/mol. The lowest BCUT2D eigenvalue weighted by molar-refractivity contribution is 0.0406. The van der Waals surface area contributed by atoms with Gasteiger partial charge in [-0.25, -0.2) is 4.39 Å². The summed E-state index contributed by atoms with van der Waals surface area (Å²) in [5.74, 6) is -0.319. The minimum absolute atomic E-state index is 0.0394. The van der Waals surface area contributed by atoms with Gasteiger partial charge in [0.2, 0.25) is 0 Å². The molecule has 4 heteroatoms. The first-order chi connectivity index (χ1) is 8.16. The highest BCUT2D eigenvalue weighted by molar-refractivity contribution is 9.10. The van der Waals surface area contributed by atoms with Gasteiger partial charge in [-0.3, -0.25) is 0 Å². The number of benzene rings is 1. The van der Waals surface area contributed by atoms with Crippen LogP contribution >= 0.6 is 15.9 Å². The Morgan fingerprint density at radius 2 is 2.24 bits per heavy atom. The van der Waals surface area contributed by atoms with E-state index in [1.807, 2.05) is 0 Å². The van der Waals surface area contributed by atoms with Crippen LogP contribution in [0.4, 0.5) is 4.39 Å². The maximum atomic E-state index is 13.9. The van der Waals surface area contributed by atoms with E-state index in [0.29, 0.717) is 10.0 Å². The zero-order chi connectivity index (χ0) is 12.0. The Bertz CT molecular complexity index is 437. The van der Waals surface area contributed by atoms with Gasteiger partial charge in [0.1, 0.15) is 5.82 Å². The molecule has 2 bridgehead atoms. The van der Waals surface area contributed by atoms with Crippen LogP contribution in [0.3, 0.4) is 0 Å². The molecule has 4 unspecified atom stereocenters. The summed E-state index contributed by atoms with van der Waals surface area (Å²) in [7, 11) is 0. The van der Waals surface area contributed by atoms with Crippen molar-refractivity contribution in [2.75, 3.05) is 0 Å². The maximum absolute atomic E-state index is 13.9. The van der Waals surface area contributed by atoms with Gasteiger partial charge in [0.05, 0.1) is 22.8 Å². The maximum Gasteiger partial charge on any atom is 0.143 e. The first-order valence-corrected chi connectivity index (χ1v) is 6.73. The molecule has 0 aliphatic carbocycles. The van der Waals surface area contributed by atoms with E-state index in [0.717, 1.165) is 19.3 Å². The SMILES string of the molecule is OC(c1cccc(Br)c1F)C1CC2CCC1O2. The fourth-order valence-corrected chi connectivity index (χ4v) is 3.37. The lowest BCUT2D eigenvalue weighted by atomic mass is 9.82. The third-order valence-electron chi connectivity index (χ3n) is 3.86. The number of fused-ring (bicyclic) bond motifs is 2. The van der Waals surface area contributed by atoms with Crippen molar-refractivity contribution in [1.29, 1.82) is 0 Å². The van der Waals surface area contributed by atoms with Gasteiger partial charge in [0.25, 0.3) is 0 Å². The van der Waals surface area contributed by atoms with E-state index in [2.05, 4.69) is 15.9 Å². The second-order valence-corrected chi connectivity index (χ2v) is 5.72. The molecule has 2 fully saturated rings. The van der Waals surface area contributed by atoms with Crippen LogP contribution in [-0.4, -0.2) is 17.3 Å². The van der Waals surface area contributed by atoms with Crippen LogP contribution in [0.2, 0.25) is 0 Å². The van der Waals surface area contributed by atoms with E-state index in [1.165, 1.54) is 0 Å². The van der Waals surface area contributed by atoms with Crippen LogP contribution in [0.5, 0.6) is 0 Å². The van der Waals surface area contributed by atoms with Crippen LogP contribution in [0.1, 0.15) is 30.9 Å². The molecule has 0 spiro atoms. The van der Waals surface area contributed by atoms with Gasteiger partial charge < -0.3 is 9.84 Å². The Balaban J connectivity index is 1.86. The summed E-state index contributed by atoms with van der Waals surface area (Å²) >= 11 is 3.15. The number of aliphatic hydroxyl groups excluding tert-OH is 1. The molecule has 2 aliphatic heterocycles. The second kappa shape index (κ2) is 4.34. The van der Waals surface area contributed by atoms with Crippen LogP contribution in [0.25, 0.3) is 0 Å². The third kappa shape index (κ3) is 1.92. The van der Waals surface area contributed by atoms with Crippen LogP contribution < -0.4 is 0 Å². The lowest BCUT2D eigenvalue weighted by Crippen LogP contribution is -2.24. The molecule has 1 N–H and O–H groups in total. The number of aliphatic hydroxyl groups is 1. The molecular formula is C13H14BrFO2. The number of hydrogen-bond donors (Lipinski definition) is 1. The van der Waals surface area contributed by atoms with E-state index in [9.17, 15) is 9.50 Å². The highest BCUT2D eigenvalue weighted by atomic mass is 79.9. The van der Waals surface area contributed by atoms with Gasteiger partial charge in [-0.2, -0.15) is 0 Å². The summed E-state index contributed by atoms with van der Waals surface area (Å²) in [4.78, 5) is 0. The zero-order valence-corrected chi connectivity index (χ0v) is 10.9. The van der Waals surface area contributed by atoms with Gasteiger partial charge in [-0.1, -0.05) is 12.1 Å². The zero-order valence-electron chi connectivity index (χ0n) is 9.27. The average molecular weight is 301 g/mol. The molecule has 2 saturated heterocycles. The highest BCUT2D eigenvalue weighted by Crippen LogP contribution is 2.45. The van der Waals surface area contributed by atoms with Crippen molar-refractivity contribution >= 4 is 15.9 Å². The Hall–Kier alpha value is -0.450. The number of halogens is 2. The third-order valence-corrected chi connectivity index (χ3v) is 4.47. The fourth-order valence-electron chi connectivity index (χ4n) is 2.99. The molecule has 0 radical (unpaired) electrons. The largest absolute Gasteiger partial charge is 0.388 e. The monoisotopic (exact) mass is 300 g/mol. The Morgan fingerprint density at radius 1 is 1.41 bits per heavy atom. The smallest absolute Gasteiger partial charge is 0.143 e. The molecule has 1 aromatic carbocycles. The molecule has 0 saturated carbocycles. The lowest BCUT2D eigenvalue weighted by Gasteiger charge is -2.25. The van der Waals surface area contributed by atoms with Crippen molar-refractivity contribution in [3.8, 4) is 0 Å². The Morgan fingerprint density at radius 3 is 2.88 bits per heavy atom. The second-order valence-electron chi connectivity index (χ2n) is 4.86. The molecule has 2 aliphatic rings. The van der Waals surface area contributed by atoms with Gasteiger partial charge in [-0.05, 0) is 41.3 Å². The minimum Gasteiger partial charge on any atom is -0.388 e. The topological polar surface area (TPSA) is 29.5 Å². The molecule has 0 amide bonds. The number of hydrogen-bond acceptors (Lipinski definition) is 2. The first-order valence-electron chi connectivity index (χ1n) is 5.94. The molecule has 2 heterocycles. The van der Waals surface area contributed by atoms with Gasteiger partial charge in [-0.15, -0.1) is 0 Å². The summed E-state index contributed by atoms with van der Waals surface area (Å²) in [5.41, 5.74) is 0.375. The summed E-state index contributed by atoms with van der Waals surface area (Å²) in [6, 6.07) is 5.04. The summed E-state index contributed by atoms with van der Waals surface area (Å²) < 4.78 is 20.0. The van der Waals surface area contributed by atoms with Gasteiger partial charge in [0.15, 0.2) is 0 Å². The highest BCUT2D eigenvalue weighted by Gasteiger charge is 2.44. The molecule has 1 aromatic rings. The Labute approximate surface area is 108 Å². The molecule has 17 heavy (non-hydrogen) atoms. The standard InChI is InChI=1S/C13H14BrFO2/c14-10-3-1-2-8(12(10)15)13(16)9-6-7-4-5-11(9)17-7/h1-3,7,9,11,13,16H,4-6H2. The normalized spacial score (nSPS) is 33.0. The molecule has 0 aromatic heterocycles. The van der Waals surface area contributed by atoms with Crippen molar-refractivity contribution in [1.82, 2.24) is 0 Å². The van der Waals surface area contributed by atoms with Crippen molar-refractivity contribution < 1.29 is 14.2 Å². The van der Waals surface area contributed by atoms with Crippen molar-refractivity contribution in [2.45, 2.75) is 37.6 Å². The molecule has 92 valence electrons. The molecular weight excluding hydrogens is 287 g/mol. The first kappa shape index (κ1) is 11.6. The van der Waals surface area contributed by atoms with E-state index >= 15 is 0 Å². The molecule has 4 atom stereocenters. The van der Waals surface area contributed by atoms with Gasteiger partial charge in [0, 0.05) is 11.5 Å². The van der Waals surface area contributed by atoms with E-state index in [-0.39, 0.29) is 23.9 Å². The fraction of sp³-hybridized carbons (Fsp3) is 0.538. The summed E-state index contributed by atoms with van der Waals surface area (Å²) in [5, 5.41) is 10.3. The van der Waals surface area contributed by atoms with Crippen LogP contribution in [0.15, 0.2) is 22.7 Å². The number of ether oxygens (including phenoxy) is 1. The van der Waals surface area contributed by atoms with E-state index in [4.69, 9.17) is 4.74 Å². The average Bonchev–Trinajstić information content (AvgIpc) is 2.94. The van der Waals surface area contributed by atoms with Crippen molar-refractivity contribution in [3.63, 3.8) is 0 Å². The van der Waals surface area contributed by atoms with Crippen molar-refractivity contribution in [2.24, 2.45) is 5.92 Å². The minimum atomic E-state index is -0.761. The quantitative estimate of drug-likeness (QED) is 0.909. The van der Waals surface area contributed by atoms with E-state index < -0.39 is 6.10 Å². The van der Waals surface area contributed by atoms with Crippen LogP contribution in [0, 0.1) is 11.7 Å². The predicted octanol–water partition coefficient (Wildman–Crippen LogP) is 3.19. The van der Waals surface area contributed by atoms with E-state index in [1.54, 1.807) is 18.2 Å². The summed E-state index contributed by atoms with van der Waals surface area (Å²) in [6.07, 6.45) is 2.53. The Kier molecular flexibility index (Phi) is 2.97. The summed E-state index contributed by atoms with van der Waals surface area (Å²) in [6.45, 7) is 0. The molecule has 3 rings (SSSR count). The van der Waals surface area contributed by atoms with Gasteiger partial charge >= 0.3 is 0 Å². The molecule has 2 nitrogen and oxygen atoms in total. The van der Waals surface area contributed by atoms with Crippen molar-refractivity contribution in [3.05, 3.63) is 34.1 Å².